The van der Waals surface area contributed by atoms with Gasteiger partial charge in [0.15, 0.2) is 0 Å². The van der Waals surface area contributed by atoms with Crippen LogP contribution in [0.2, 0.25) is 0 Å². The van der Waals surface area contributed by atoms with Crippen LogP contribution in [0.5, 0.6) is 0 Å². The molecule has 0 aliphatic heterocycles. The standard InChI is InChI=1S/C30H37N3O6.CH3I4P/c1-20(2)27(33-30(38)39-19-22-12-7-4-8-13-22)29(37)32-25(16-21-10-5-3-6-11-21)28(36)31-24(18-34)17-23-14-9-15-26(23)35;1-6(2,3,4)5/h3-8,10-13,18,20,23-25,27H,9,14-17,19H2,1-2H3,(H,31,36)(H,32,37)(H,33,38);1H3/t23-,24-,25-,27-;/m0./s1. The molecule has 4 atom stereocenters. The van der Waals surface area contributed by atoms with Crippen LogP contribution in [0, 0.1) is 11.8 Å². The van der Waals surface area contributed by atoms with Gasteiger partial charge in [-0.2, -0.15) is 0 Å². The van der Waals surface area contributed by atoms with Gasteiger partial charge in [-0.25, -0.2) is 4.79 Å². The fraction of sp³-hybridized carbons (Fsp3) is 0.452. The number of aldehydes is 1. The van der Waals surface area contributed by atoms with E-state index in [2.05, 4.69) is 111 Å². The van der Waals surface area contributed by atoms with Gasteiger partial charge in [-0.3, -0.25) is 14.4 Å². The summed E-state index contributed by atoms with van der Waals surface area (Å²) in [4.78, 5) is 62.9. The molecule has 2 aromatic rings. The van der Waals surface area contributed by atoms with Gasteiger partial charge in [-0.15, -0.1) is 0 Å². The number of ketones is 1. The van der Waals surface area contributed by atoms with Crippen molar-refractivity contribution in [1.29, 1.82) is 0 Å². The van der Waals surface area contributed by atoms with Crippen molar-refractivity contribution < 1.29 is 28.7 Å². The van der Waals surface area contributed by atoms with E-state index >= 15 is 0 Å². The number of hydrogen-bond acceptors (Lipinski definition) is 6. The van der Waals surface area contributed by atoms with Gasteiger partial charge in [0.2, 0.25) is 11.8 Å². The van der Waals surface area contributed by atoms with Crippen molar-refractivity contribution in [1.82, 2.24) is 16.0 Å². The molecule has 1 saturated carbocycles. The summed E-state index contributed by atoms with van der Waals surface area (Å²) in [5, 5.41) is 8.06. The van der Waals surface area contributed by atoms with E-state index in [-0.39, 0.29) is 37.1 Å². The molecule has 14 heteroatoms. The van der Waals surface area contributed by atoms with Crippen LogP contribution in [0.25, 0.3) is 0 Å². The van der Waals surface area contributed by atoms with Gasteiger partial charge in [0, 0.05) is 18.8 Å². The second kappa shape index (κ2) is 19.4. The van der Waals surface area contributed by atoms with Crippen molar-refractivity contribution in [2.75, 3.05) is 6.66 Å². The van der Waals surface area contributed by atoms with Crippen molar-refractivity contribution >= 4 is 115 Å². The molecule has 1 fully saturated rings. The summed E-state index contributed by atoms with van der Waals surface area (Å²) in [5.41, 5.74) is 1.62. The third-order valence-corrected chi connectivity index (χ3v) is 6.81. The van der Waals surface area contributed by atoms with Crippen LogP contribution in [-0.4, -0.2) is 54.8 Å². The average Bonchev–Trinajstić information content (AvgIpc) is 3.37. The molecule has 248 valence electrons. The number of rotatable bonds is 13. The minimum atomic E-state index is -1.17. The molecule has 2 aromatic carbocycles. The molecule has 3 rings (SSSR count). The molecule has 0 heterocycles. The zero-order valence-electron chi connectivity index (χ0n) is 25.4. The summed E-state index contributed by atoms with van der Waals surface area (Å²) in [6, 6.07) is 15.5. The number of alkyl carbamates (subject to hydrolysis) is 1. The Morgan fingerprint density at radius 3 is 1.96 bits per heavy atom. The minimum absolute atomic E-state index is 0.0503. The molecular formula is C31H40I4N3O6P. The van der Waals surface area contributed by atoms with E-state index in [1.54, 1.807) is 13.8 Å². The Morgan fingerprint density at radius 1 is 0.911 bits per heavy atom. The first-order chi connectivity index (χ1) is 21.0. The van der Waals surface area contributed by atoms with E-state index in [1.165, 1.54) is 0 Å². The molecule has 1 aliphatic carbocycles. The Balaban J connectivity index is 0.00000107. The van der Waals surface area contributed by atoms with Gasteiger partial charge in [0.05, 0.1) is 6.04 Å². The Hall–Kier alpha value is -0.660. The monoisotopic (exact) mass is 1090 g/mol. The summed E-state index contributed by atoms with van der Waals surface area (Å²) in [6.07, 6.45) is 2.27. The molecule has 3 amide bonds. The predicted molar refractivity (Wildman–Crippen MR) is 214 cm³/mol. The number of ether oxygens (including phenoxy) is 1. The number of amides is 3. The zero-order valence-corrected chi connectivity index (χ0v) is 34.9. The fourth-order valence-corrected chi connectivity index (χ4v) is 4.62. The Bertz CT molecular complexity index is 1280. The normalized spacial score (nSPS) is 17.4. The van der Waals surface area contributed by atoms with E-state index in [1.807, 2.05) is 60.7 Å². The number of benzene rings is 2. The molecule has 0 aromatic heterocycles. The first-order valence-electron chi connectivity index (χ1n) is 14.5. The quantitative estimate of drug-likeness (QED) is 0.107. The second-order valence-corrected chi connectivity index (χ2v) is 75.6. The molecule has 9 nitrogen and oxygen atoms in total. The average molecular weight is 1090 g/mol. The fourth-order valence-electron chi connectivity index (χ4n) is 4.62. The van der Waals surface area contributed by atoms with E-state index in [9.17, 15) is 24.0 Å². The SMILES string of the molecule is CC(C)[C@H](NC(=O)OCc1ccccc1)C(=O)N[C@@H](Cc1ccccc1)C(=O)N[C@H](C=O)C[C@@H]1CCCC1=O.CP(I)(I)(I)I. The van der Waals surface area contributed by atoms with Crippen LogP contribution >= 0.6 is 85.3 Å². The maximum absolute atomic E-state index is 13.3. The van der Waals surface area contributed by atoms with E-state index in [4.69, 9.17) is 4.74 Å². The Kier molecular flexibility index (Phi) is 17.4. The summed E-state index contributed by atoms with van der Waals surface area (Å²) in [6.45, 7) is 5.88. The Labute approximate surface area is 317 Å². The van der Waals surface area contributed by atoms with Crippen LogP contribution < -0.4 is 16.0 Å². The van der Waals surface area contributed by atoms with Crippen LogP contribution in [0.3, 0.4) is 0 Å². The number of hydrogen-bond donors (Lipinski definition) is 3. The van der Waals surface area contributed by atoms with Crippen molar-refractivity contribution in [2.24, 2.45) is 11.8 Å². The van der Waals surface area contributed by atoms with Gasteiger partial charge in [0.25, 0.3) is 0 Å². The zero-order chi connectivity index (χ0) is 33.6. The molecule has 1 aliphatic rings. The molecule has 0 saturated heterocycles. The van der Waals surface area contributed by atoms with Gasteiger partial charge in [0.1, 0.15) is 30.8 Å². The first kappa shape index (κ1) is 40.5. The number of halogens is 4. The summed E-state index contributed by atoms with van der Waals surface area (Å²) < 4.78 is 4.10. The number of carbonyl (C=O) groups excluding carboxylic acids is 5. The topological polar surface area (TPSA) is 131 Å². The number of carbonyl (C=O) groups is 5. The van der Waals surface area contributed by atoms with Gasteiger partial charge >= 0.3 is 98.1 Å². The number of nitrogens with one attached hydrogen (secondary N) is 3. The van der Waals surface area contributed by atoms with Gasteiger partial charge < -0.3 is 25.5 Å². The maximum atomic E-state index is 13.3. The van der Waals surface area contributed by atoms with Crippen molar-refractivity contribution in [2.45, 2.75) is 70.7 Å². The Morgan fingerprint density at radius 2 is 1.47 bits per heavy atom. The molecule has 45 heavy (non-hydrogen) atoms. The van der Waals surface area contributed by atoms with Crippen molar-refractivity contribution in [3.05, 3.63) is 71.8 Å². The van der Waals surface area contributed by atoms with Crippen LogP contribution in [0.4, 0.5) is 4.79 Å². The first-order valence-corrected chi connectivity index (χ1v) is 28.3. The molecular weight excluding hydrogens is 1050 g/mol. The molecule has 0 spiro atoms. The van der Waals surface area contributed by atoms with Crippen LogP contribution in [0.15, 0.2) is 60.7 Å². The van der Waals surface area contributed by atoms with Gasteiger partial charge in [-0.05, 0) is 36.3 Å². The molecule has 3 N–H and O–H groups in total. The van der Waals surface area contributed by atoms with E-state index in [0.29, 0.717) is 19.1 Å². The third-order valence-electron chi connectivity index (χ3n) is 6.81. The number of Topliss-reactive ketones (excluding diaryl/α,β-unsaturated/α-hetero) is 1. The molecule has 0 bridgehead atoms. The molecule has 0 radical (unpaired) electrons. The van der Waals surface area contributed by atoms with Crippen molar-refractivity contribution in [3.63, 3.8) is 0 Å². The molecule has 0 unspecified atom stereocenters. The summed E-state index contributed by atoms with van der Waals surface area (Å²) in [5.74, 6) is -1.53. The van der Waals surface area contributed by atoms with Gasteiger partial charge in [-0.1, -0.05) is 74.5 Å². The predicted octanol–water partition coefficient (Wildman–Crippen LogP) is 7.68. The van der Waals surface area contributed by atoms with Crippen LogP contribution in [0.1, 0.15) is 50.7 Å². The van der Waals surface area contributed by atoms with E-state index in [0.717, 1.165) is 17.5 Å². The summed E-state index contributed by atoms with van der Waals surface area (Å²) in [7, 11) is 0. The van der Waals surface area contributed by atoms with Crippen LogP contribution in [-0.2, 0) is 36.9 Å². The van der Waals surface area contributed by atoms with Crippen molar-refractivity contribution in [3.8, 4) is 0 Å². The second-order valence-electron chi connectivity index (χ2n) is 11.3. The van der Waals surface area contributed by atoms with E-state index < -0.39 is 33.2 Å². The summed E-state index contributed by atoms with van der Waals surface area (Å²) >= 11 is 10.0. The third kappa shape index (κ3) is 17.9.